The number of hydrogen-bond acceptors (Lipinski definition) is 2. The van der Waals surface area contributed by atoms with Crippen LogP contribution in [0.5, 0.6) is 0 Å². The molecule has 0 saturated heterocycles. The molecule has 0 amide bonds. The second kappa shape index (κ2) is 5.82. The molecule has 3 heteroatoms. The molecule has 2 heterocycles. The Morgan fingerprint density at radius 3 is 1.38 bits per heavy atom. The van der Waals surface area contributed by atoms with Crippen molar-refractivity contribution in [1.82, 2.24) is 9.97 Å². The first-order valence-corrected chi connectivity index (χ1v) is 6.62. The van der Waals surface area contributed by atoms with Crippen LogP contribution in [0.2, 0.25) is 0 Å². The third kappa shape index (κ3) is 2.63. The van der Waals surface area contributed by atoms with Gasteiger partial charge in [-0.05, 0) is 24.3 Å². The summed E-state index contributed by atoms with van der Waals surface area (Å²) in [5, 5.41) is 2.30. The maximum absolute atomic E-state index is 4.69. The van der Waals surface area contributed by atoms with Crippen molar-refractivity contribution in [2.24, 2.45) is 0 Å². The number of fused-ring (bicyclic) bond motifs is 2. The van der Waals surface area contributed by atoms with E-state index in [9.17, 15) is 0 Å². The monoisotopic (exact) mass is 376 g/mol. The van der Waals surface area contributed by atoms with Gasteiger partial charge in [-0.2, -0.15) is 0 Å². The van der Waals surface area contributed by atoms with E-state index in [0.717, 1.165) is 33.2 Å². The number of pyridine rings is 2. The largest absolute Gasteiger partial charge is 0.246 e. The summed E-state index contributed by atoms with van der Waals surface area (Å²) in [6.45, 7) is 0. The fourth-order valence-corrected chi connectivity index (χ4v) is 2.42. The van der Waals surface area contributed by atoms with Crippen LogP contribution in [0, 0.1) is 0 Å². The van der Waals surface area contributed by atoms with Crippen LogP contribution in [0.4, 0.5) is 0 Å². The average Bonchev–Trinajstić information content (AvgIpc) is 2.54. The van der Waals surface area contributed by atoms with Gasteiger partial charge in [0.1, 0.15) is 0 Å². The van der Waals surface area contributed by atoms with Crippen molar-refractivity contribution < 1.29 is 0 Å². The van der Waals surface area contributed by atoms with Crippen molar-refractivity contribution >= 4 is 45.7 Å². The Morgan fingerprint density at radius 2 is 0.905 bits per heavy atom. The van der Waals surface area contributed by atoms with Crippen LogP contribution in [0.1, 0.15) is 0 Å². The summed E-state index contributed by atoms with van der Waals surface area (Å²) < 4.78 is 0. The molecule has 0 aliphatic carbocycles. The van der Waals surface area contributed by atoms with Crippen LogP contribution in [-0.4, -0.2) is 33.9 Å². The van der Waals surface area contributed by atoms with E-state index in [2.05, 4.69) is 34.2 Å². The Morgan fingerprint density at radius 1 is 0.476 bits per heavy atom. The third-order valence-electron chi connectivity index (χ3n) is 3.46. The molecule has 21 heavy (non-hydrogen) atoms. The van der Waals surface area contributed by atoms with Crippen LogP contribution >= 0.6 is 0 Å². The van der Waals surface area contributed by atoms with Gasteiger partial charge < -0.3 is 0 Å². The molecule has 0 saturated carbocycles. The predicted molar refractivity (Wildman–Crippen MR) is 88.2 cm³/mol. The summed E-state index contributed by atoms with van der Waals surface area (Å²) in [6, 6.07) is 24.5. The van der Waals surface area contributed by atoms with E-state index in [4.69, 9.17) is 0 Å². The van der Waals surface area contributed by atoms with Gasteiger partial charge in [-0.15, -0.1) is 0 Å². The van der Waals surface area contributed by atoms with Crippen LogP contribution in [0.3, 0.4) is 0 Å². The normalized spacial score (nSPS) is 10.5. The second-order valence-electron chi connectivity index (χ2n) is 4.78. The number of aromatic nitrogens is 2. The van der Waals surface area contributed by atoms with Gasteiger partial charge in [0.2, 0.25) is 0 Å². The van der Waals surface area contributed by atoms with Gasteiger partial charge >= 0.3 is 0 Å². The topological polar surface area (TPSA) is 25.8 Å². The summed E-state index contributed by atoms with van der Waals surface area (Å²) in [5.41, 5.74) is 3.82. The van der Waals surface area contributed by atoms with Crippen molar-refractivity contribution in [2.75, 3.05) is 0 Å². The number of rotatable bonds is 1. The van der Waals surface area contributed by atoms with Crippen LogP contribution < -0.4 is 0 Å². The number of nitrogens with zero attached hydrogens (tertiary/aromatic N) is 2. The molecule has 0 aliphatic heterocycles. The number of para-hydroxylation sites is 2. The standard InChI is InChI=1S/C18H12N2.Sn/c1-3-7-15-13(5-1)9-11-17(19-15)18-12-10-14-6-2-4-8-16(14)20-18;/h1-12H;. The zero-order chi connectivity index (χ0) is 13.4. The zero-order valence-corrected chi connectivity index (χ0v) is 14.2. The molecule has 0 aliphatic rings. The molecule has 0 spiro atoms. The fourth-order valence-electron chi connectivity index (χ4n) is 2.42. The Bertz CT molecular complexity index is 841. The van der Waals surface area contributed by atoms with E-state index in [-0.39, 0.29) is 23.9 Å². The van der Waals surface area contributed by atoms with Crippen LogP contribution in [0.15, 0.2) is 72.8 Å². The second-order valence-corrected chi connectivity index (χ2v) is 4.78. The van der Waals surface area contributed by atoms with E-state index in [1.807, 2.05) is 48.5 Å². The molecule has 4 rings (SSSR count). The van der Waals surface area contributed by atoms with Crippen molar-refractivity contribution in [1.29, 1.82) is 0 Å². The number of benzene rings is 2. The Kier molecular flexibility index (Phi) is 3.88. The SMILES string of the molecule is [Sn].c1ccc2nc(-c3ccc4ccccc4n3)ccc2c1. The molecular formula is C18H12N2Sn. The minimum Gasteiger partial charge on any atom is -0.246 e. The van der Waals surface area contributed by atoms with Crippen molar-refractivity contribution in [2.45, 2.75) is 0 Å². The van der Waals surface area contributed by atoms with Gasteiger partial charge in [0, 0.05) is 34.7 Å². The van der Waals surface area contributed by atoms with E-state index in [0.29, 0.717) is 0 Å². The molecule has 4 radical (unpaired) electrons. The van der Waals surface area contributed by atoms with Gasteiger partial charge in [0.15, 0.2) is 0 Å². The molecule has 0 bridgehead atoms. The maximum atomic E-state index is 4.69. The molecule has 0 atom stereocenters. The van der Waals surface area contributed by atoms with E-state index in [1.165, 1.54) is 0 Å². The van der Waals surface area contributed by atoms with Crippen LogP contribution in [0.25, 0.3) is 33.2 Å². The van der Waals surface area contributed by atoms with E-state index >= 15 is 0 Å². The molecule has 0 N–H and O–H groups in total. The molecule has 0 fully saturated rings. The van der Waals surface area contributed by atoms with Gasteiger partial charge in [-0.25, -0.2) is 9.97 Å². The zero-order valence-electron chi connectivity index (χ0n) is 11.3. The van der Waals surface area contributed by atoms with Gasteiger partial charge in [-0.3, -0.25) is 0 Å². The molecule has 2 nitrogen and oxygen atoms in total. The van der Waals surface area contributed by atoms with Gasteiger partial charge in [-0.1, -0.05) is 48.5 Å². The molecular weight excluding hydrogens is 363 g/mol. The van der Waals surface area contributed by atoms with Crippen molar-refractivity contribution in [3.8, 4) is 11.4 Å². The minimum atomic E-state index is 0. The van der Waals surface area contributed by atoms with Gasteiger partial charge in [0.25, 0.3) is 0 Å². The molecule has 98 valence electrons. The van der Waals surface area contributed by atoms with E-state index in [1.54, 1.807) is 0 Å². The fraction of sp³-hybridized carbons (Fsp3) is 0. The van der Waals surface area contributed by atoms with Gasteiger partial charge in [0.05, 0.1) is 22.4 Å². The first-order valence-electron chi connectivity index (χ1n) is 6.62. The minimum absolute atomic E-state index is 0. The summed E-state index contributed by atoms with van der Waals surface area (Å²) in [6.07, 6.45) is 0. The first kappa shape index (κ1) is 14.0. The molecule has 2 aromatic heterocycles. The summed E-state index contributed by atoms with van der Waals surface area (Å²) in [4.78, 5) is 9.38. The predicted octanol–water partition coefficient (Wildman–Crippen LogP) is 4.07. The molecule has 0 unspecified atom stereocenters. The number of hydrogen-bond donors (Lipinski definition) is 0. The van der Waals surface area contributed by atoms with Crippen molar-refractivity contribution in [3.63, 3.8) is 0 Å². The summed E-state index contributed by atoms with van der Waals surface area (Å²) in [5.74, 6) is 0. The summed E-state index contributed by atoms with van der Waals surface area (Å²) >= 11 is 0. The van der Waals surface area contributed by atoms with E-state index < -0.39 is 0 Å². The molecule has 2 aromatic carbocycles. The Balaban J connectivity index is 0.00000132. The average molecular weight is 375 g/mol. The third-order valence-corrected chi connectivity index (χ3v) is 3.46. The quantitative estimate of drug-likeness (QED) is 0.469. The van der Waals surface area contributed by atoms with Crippen LogP contribution in [-0.2, 0) is 0 Å². The smallest absolute Gasteiger partial charge is 0.0894 e. The Labute approximate surface area is 139 Å². The Hall–Kier alpha value is -1.94. The summed E-state index contributed by atoms with van der Waals surface area (Å²) in [7, 11) is 0. The molecule has 4 aromatic rings. The van der Waals surface area contributed by atoms with Crippen molar-refractivity contribution in [3.05, 3.63) is 72.8 Å². The first-order chi connectivity index (χ1) is 9.90. The maximum Gasteiger partial charge on any atom is 0.0894 e.